The highest BCUT2D eigenvalue weighted by Crippen LogP contribution is 2.31. The molecule has 0 bridgehead atoms. The number of aryl methyl sites for hydroxylation is 2. The van der Waals surface area contributed by atoms with Crippen LogP contribution in [0.5, 0.6) is 0 Å². The molecule has 0 radical (unpaired) electrons. The molecule has 0 aliphatic heterocycles. The summed E-state index contributed by atoms with van der Waals surface area (Å²) in [5.41, 5.74) is 3.38. The topological polar surface area (TPSA) is 33.1 Å². The number of aromatic nitrogens is 1. The first-order chi connectivity index (χ1) is 9.95. The Bertz CT molecular complexity index is 756. The SMILES string of the molecule is Cc1ccc(C)c(C(C)(O)Cc2nc3ccccc3s2)c1. The van der Waals surface area contributed by atoms with Crippen LogP contribution in [-0.2, 0) is 12.0 Å². The van der Waals surface area contributed by atoms with E-state index in [9.17, 15) is 5.11 Å². The van der Waals surface area contributed by atoms with Crippen LogP contribution in [0, 0.1) is 13.8 Å². The zero-order chi connectivity index (χ0) is 15.0. The first kappa shape index (κ1) is 14.2. The highest BCUT2D eigenvalue weighted by Gasteiger charge is 2.27. The van der Waals surface area contributed by atoms with E-state index in [0.29, 0.717) is 6.42 Å². The fourth-order valence-electron chi connectivity index (χ4n) is 2.70. The molecule has 0 saturated heterocycles. The number of para-hydroxylation sites is 1. The van der Waals surface area contributed by atoms with Crippen molar-refractivity contribution in [3.8, 4) is 0 Å². The van der Waals surface area contributed by atoms with Crippen molar-refractivity contribution in [3.05, 3.63) is 64.2 Å². The lowest BCUT2D eigenvalue weighted by molar-refractivity contribution is 0.0569. The fraction of sp³-hybridized carbons (Fsp3) is 0.278. The van der Waals surface area contributed by atoms with Crippen LogP contribution < -0.4 is 0 Å². The Morgan fingerprint density at radius 3 is 2.67 bits per heavy atom. The molecule has 0 aliphatic carbocycles. The summed E-state index contributed by atoms with van der Waals surface area (Å²) in [4.78, 5) is 4.63. The number of aliphatic hydroxyl groups is 1. The van der Waals surface area contributed by atoms with E-state index in [0.717, 1.165) is 21.7 Å². The first-order valence-corrected chi connectivity index (χ1v) is 7.92. The molecule has 1 aromatic heterocycles. The predicted molar refractivity (Wildman–Crippen MR) is 88.8 cm³/mol. The van der Waals surface area contributed by atoms with Crippen molar-refractivity contribution in [2.75, 3.05) is 0 Å². The Labute approximate surface area is 129 Å². The Kier molecular flexibility index (Phi) is 3.56. The lowest BCUT2D eigenvalue weighted by Crippen LogP contribution is -2.25. The van der Waals surface area contributed by atoms with Crippen molar-refractivity contribution in [1.29, 1.82) is 0 Å². The molecule has 1 N–H and O–H groups in total. The third-order valence-corrected chi connectivity index (χ3v) is 4.84. The molecule has 0 aliphatic rings. The normalized spacial score (nSPS) is 14.3. The Morgan fingerprint density at radius 1 is 1.14 bits per heavy atom. The van der Waals surface area contributed by atoms with E-state index in [-0.39, 0.29) is 0 Å². The number of thiazole rings is 1. The van der Waals surface area contributed by atoms with E-state index in [2.05, 4.69) is 36.2 Å². The van der Waals surface area contributed by atoms with Gasteiger partial charge in [0.05, 0.1) is 20.8 Å². The van der Waals surface area contributed by atoms with Gasteiger partial charge in [0.2, 0.25) is 0 Å². The monoisotopic (exact) mass is 297 g/mol. The van der Waals surface area contributed by atoms with E-state index >= 15 is 0 Å². The Balaban J connectivity index is 1.96. The summed E-state index contributed by atoms with van der Waals surface area (Å²) in [5, 5.41) is 11.9. The van der Waals surface area contributed by atoms with Gasteiger partial charge in [0, 0.05) is 6.42 Å². The van der Waals surface area contributed by atoms with Crippen LogP contribution in [-0.4, -0.2) is 10.1 Å². The second-order valence-electron chi connectivity index (χ2n) is 5.84. The highest BCUT2D eigenvalue weighted by molar-refractivity contribution is 7.18. The van der Waals surface area contributed by atoms with Gasteiger partial charge in [-0.2, -0.15) is 0 Å². The molecule has 1 unspecified atom stereocenters. The van der Waals surface area contributed by atoms with E-state index in [1.54, 1.807) is 11.3 Å². The first-order valence-electron chi connectivity index (χ1n) is 7.10. The van der Waals surface area contributed by atoms with Crippen molar-refractivity contribution < 1.29 is 5.11 Å². The van der Waals surface area contributed by atoms with Gasteiger partial charge in [0.25, 0.3) is 0 Å². The van der Waals surface area contributed by atoms with Gasteiger partial charge < -0.3 is 5.11 Å². The molecule has 21 heavy (non-hydrogen) atoms. The van der Waals surface area contributed by atoms with Gasteiger partial charge in [-0.25, -0.2) is 4.98 Å². The van der Waals surface area contributed by atoms with Gasteiger partial charge in [-0.1, -0.05) is 35.9 Å². The van der Waals surface area contributed by atoms with Gasteiger partial charge in [-0.15, -0.1) is 11.3 Å². The Hall–Kier alpha value is -1.71. The molecule has 3 rings (SSSR count). The number of fused-ring (bicyclic) bond motifs is 1. The maximum absolute atomic E-state index is 10.9. The molecule has 0 spiro atoms. The summed E-state index contributed by atoms with van der Waals surface area (Å²) in [5.74, 6) is 0. The van der Waals surface area contributed by atoms with Crippen LogP contribution in [0.15, 0.2) is 42.5 Å². The second-order valence-corrected chi connectivity index (χ2v) is 6.96. The standard InChI is InChI=1S/C18H19NOS/c1-12-8-9-13(2)14(10-12)18(3,20)11-17-19-15-6-4-5-7-16(15)21-17/h4-10,20H,11H2,1-3H3. The third-order valence-electron chi connectivity index (χ3n) is 3.81. The lowest BCUT2D eigenvalue weighted by Gasteiger charge is -2.25. The molecule has 3 heteroatoms. The molecular formula is C18H19NOS. The van der Waals surface area contributed by atoms with Crippen LogP contribution in [0.3, 0.4) is 0 Å². The van der Waals surface area contributed by atoms with Crippen molar-refractivity contribution in [2.24, 2.45) is 0 Å². The van der Waals surface area contributed by atoms with E-state index < -0.39 is 5.60 Å². The van der Waals surface area contributed by atoms with Crippen molar-refractivity contribution >= 4 is 21.6 Å². The van der Waals surface area contributed by atoms with Crippen LogP contribution in [0.4, 0.5) is 0 Å². The fourth-order valence-corrected chi connectivity index (χ4v) is 3.82. The quantitative estimate of drug-likeness (QED) is 0.779. The van der Waals surface area contributed by atoms with Crippen LogP contribution in [0.2, 0.25) is 0 Å². The minimum Gasteiger partial charge on any atom is -0.385 e. The van der Waals surface area contributed by atoms with Gasteiger partial charge in [0.15, 0.2) is 0 Å². The molecule has 2 nitrogen and oxygen atoms in total. The van der Waals surface area contributed by atoms with Gasteiger partial charge in [-0.3, -0.25) is 0 Å². The smallest absolute Gasteiger partial charge is 0.0970 e. The van der Waals surface area contributed by atoms with Gasteiger partial charge in [0.1, 0.15) is 0 Å². The maximum Gasteiger partial charge on any atom is 0.0970 e. The summed E-state index contributed by atoms with van der Waals surface area (Å²) in [7, 11) is 0. The number of rotatable bonds is 3. The van der Waals surface area contributed by atoms with Crippen LogP contribution >= 0.6 is 11.3 Å². The minimum atomic E-state index is -0.899. The van der Waals surface area contributed by atoms with Gasteiger partial charge in [-0.05, 0) is 44.0 Å². The Morgan fingerprint density at radius 2 is 1.90 bits per heavy atom. The maximum atomic E-state index is 10.9. The van der Waals surface area contributed by atoms with Crippen molar-refractivity contribution in [2.45, 2.75) is 32.8 Å². The summed E-state index contributed by atoms with van der Waals surface area (Å²) in [6.45, 7) is 5.97. The van der Waals surface area contributed by atoms with E-state index in [4.69, 9.17) is 0 Å². The number of benzene rings is 2. The predicted octanol–water partition coefficient (Wildman–Crippen LogP) is 4.36. The summed E-state index contributed by atoms with van der Waals surface area (Å²) in [6.07, 6.45) is 0.538. The molecule has 3 aromatic rings. The van der Waals surface area contributed by atoms with E-state index in [1.807, 2.05) is 32.0 Å². The summed E-state index contributed by atoms with van der Waals surface area (Å²) < 4.78 is 1.17. The van der Waals surface area contributed by atoms with Gasteiger partial charge >= 0.3 is 0 Å². The highest BCUT2D eigenvalue weighted by atomic mass is 32.1. The minimum absolute atomic E-state index is 0.538. The molecule has 0 fully saturated rings. The molecule has 1 atom stereocenters. The van der Waals surface area contributed by atoms with Crippen molar-refractivity contribution in [3.63, 3.8) is 0 Å². The van der Waals surface area contributed by atoms with Crippen LogP contribution in [0.25, 0.3) is 10.2 Å². The summed E-state index contributed by atoms with van der Waals surface area (Å²) in [6, 6.07) is 14.3. The number of hydrogen-bond donors (Lipinski definition) is 1. The average molecular weight is 297 g/mol. The zero-order valence-corrected chi connectivity index (χ0v) is 13.4. The summed E-state index contributed by atoms with van der Waals surface area (Å²) >= 11 is 1.66. The second kappa shape index (κ2) is 5.24. The van der Waals surface area contributed by atoms with E-state index in [1.165, 1.54) is 10.3 Å². The largest absolute Gasteiger partial charge is 0.385 e. The molecule has 0 amide bonds. The number of nitrogens with zero attached hydrogens (tertiary/aromatic N) is 1. The molecule has 1 heterocycles. The van der Waals surface area contributed by atoms with Crippen LogP contribution in [0.1, 0.15) is 28.6 Å². The molecule has 108 valence electrons. The average Bonchev–Trinajstić information content (AvgIpc) is 2.82. The third kappa shape index (κ3) is 2.85. The molecule has 0 saturated carbocycles. The number of hydrogen-bond acceptors (Lipinski definition) is 3. The lowest BCUT2D eigenvalue weighted by atomic mass is 9.88. The van der Waals surface area contributed by atoms with Crippen molar-refractivity contribution in [1.82, 2.24) is 4.98 Å². The zero-order valence-electron chi connectivity index (χ0n) is 12.6. The molecule has 2 aromatic carbocycles. The molecular weight excluding hydrogens is 278 g/mol.